The number of methoxy groups -OCH3 is 1. The van der Waals surface area contributed by atoms with Gasteiger partial charge in [-0.15, -0.1) is 0 Å². The summed E-state index contributed by atoms with van der Waals surface area (Å²) in [5.41, 5.74) is 6.08. The second-order valence-corrected chi connectivity index (χ2v) is 10.2. The van der Waals surface area contributed by atoms with Crippen molar-refractivity contribution in [1.82, 2.24) is 9.78 Å². The van der Waals surface area contributed by atoms with E-state index in [0.717, 1.165) is 45.3 Å². The Hall–Kier alpha value is -5.57. The van der Waals surface area contributed by atoms with Crippen molar-refractivity contribution in [3.8, 4) is 22.9 Å². The number of phenols is 1. The summed E-state index contributed by atoms with van der Waals surface area (Å²) >= 11 is 0. The summed E-state index contributed by atoms with van der Waals surface area (Å²) < 4.78 is 13.3. The molecule has 0 fully saturated rings. The van der Waals surface area contributed by atoms with Crippen LogP contribution in [0.4, 0.5) is 22.9 Å². The van der Waals surface area contributed by atoms with Crippen LogP contribution in [0.2, 0.25) is 0 Å². The van der Waals surface area contributed by atoms with Gasteiger partial charge < -0.3 is 24.8 Å². The van der Waals surface area contributed by atoms with Crippen LogP contribution in [0.25, 0.3) is 5.69 Å². The number of nitrogens with zero attached hydrogens (tertiary/aromatic N) is 5. The van der Waals surface area contributed by atoms with Crippen LogP contribution in [0.3, 0.4) is 0 Å². The Morgan fingerprint density at radius 3 is 2.47 bits per heavy atom. The first-order chi connectivity index (χ1) is 21.1. The molecule has 0 spiro atoms. The fourth-order valence-corrected chi connectivity index (χ4v) is 5.71. The van der Waals surface area contributed by atoms with Crippen molar-refractivity contribution >= 4 is 34.6 Å². The molecule has 0 saturated heterocycles. The summed E-state index contributed by atoms with van der Waals surface area (Å²) in [6, 6.07) is 30.9. The van der Waals surface area contributed by atoms with Crippen LogP contribution in [0.15, 0.2) is 107 Å². The fraction of sp³-hybridized carbons (Fsp3) is 0.147. The second-order valence-electron chi connectivity index (χ2n) is 10.2. The number of rotatable bonds is 6. The number of nitrogens with one attached hydrogen (secondary N) is 1. The average Bonchev–Trinajstić information content (AvgIpc) is 3.37. The number of aliphatic imine (C=N–C) groups is 2. The van der Waals surface area contributed by atoms with E-state index in [1.165, 1.54) is 0 Å². The molecule has 9 nitrogen and oxygen atoms in total. The fourth-order valence-electron chi connectivity index (χ4n) is 5.71. The van der Waals surface area contributed by atoms with Crippen LogP contribution < -0.4 is 19.7 Å². The number of benzene rings is 4. The number of phenolic OH excluding ortho intramolecular Hbond substituents is 1. The van der Waals surface area contributed by atoms with Gasteiger partial charge in [-0.05, 0) is 67.9 Å². The molecule has 0 unspecified atom stereocenters. The van der Waals surface area contributed by atoms with Crippen LogP contribution in [-0.4, -0.2) is 40.3 Å². The predicted molar refractivity (Wildman–Crippen MR) is 169 cm³/mol. The van der Waals surface area contributed by atoms with Crippen LogP contribution in [0.5, 0.6) is 17.2 Å². The van der Waals surface area contributed by atoms with Gasteiger partial charge >= 0.3 is 0 Å². The molecular weight excluding hydrogens is 540 g/mol. The van der Waals surface area contributed by atoms with E-state index in [0.29, 0.717) is 29.8 Å². The Labute approximate surface area is 249 Å². The van der Waals surface area contributed by atoms with Crippen LogP contribution in [-0.2, 0) is 0 Å². The molecule has 214 valence electrons. The van der Waals surface area contributed by atoms with Crippen molar-refractivity contribution < 1.29 is 14.6 Å². The minimum Gasteiger partial charge on any atom is -0.504 e. The summed E-state index contributed by atoms with van der Waals surface area (Å²) in [5, 5.41) is 19.0. The first-order valence-corrected chi connectivity index (χ1v) is 14.1. The Bertz CT molecular complexity index is 1900. The molecule has 0 bridgehead atoms. The van der Waals surface area contributed by atoms with E-state index in [9.17, 15) is 5.11 Å². The van der Waals surface area contributed by atoms with Crippen molar-refractivity contribution in [2.45, 2.75) is 19.9 Å². The molecule has 4 aromatic carbocycles. The predicted octanol–water partition coefficient (Wildman–Crippen LogP) is 7.09. The minimum absolute atomic E-state index is 0.0726. The molecule has 9 heteroatoms. The summed E-state index contributed by atoms with van der Waals surface area (Å²) in [5.74, 6) is 3.10. The van der Waals surface area contributed by atoms with Crippen molar-refractivity contribution in [3.05, 3.63) is 114 Å². The Morgan fingerprint density at radius 1 is 0.884 bits per heavy atom. The average molecular weight is 571 g/mol. The Balaban J connectivity index is 1.49. The number of anilines is 2. The van der Waals surface area contributed by atoms with E-state index in [1.807, 2.05) is 110 Å². The summed E-state index contributed by atoms with van der Waals surface area (Å²) in [6.07, 6.45) is 0. The highest BCUT2D eigenvalue weighted by Gasteiger charge is 2.41. The topological polar surface area (TPSA) is 96.5 Å². The molecule has 0 amide bonds. The highest BCUT2D eigenvalue weighted by atomic mass is 16.5. The molecule has 2 aliphatic rings. The smallest absolute Gasteiger partial charge is 0.179 e. The van der Waals surface area contributed by atoms with Gasteiger partial charge in [-0.3, -0.25) is 0 Å². The summed E-state index contributed by atoms with van der Waals surface area (Å²) in [6.45, 7) is 4.50. The molecule has 1 atom stereocenters. The van der Waals surface area contributed by atoms with Gasteiger partial charge in [0.15, 0.2) is 29.0 Å². The van der Waals surface area contributed by atoms with E-state index in [4.69, 9.17) is 24.6 Å². The van der Waals surface area contributed by atoms with Gasteiger partial charge in [0.1, 0.15) is 5.75 Å². The number of aromatic hydroxyl groups is 1. The van der Waals surface area contributed by atoms with Gasteiger partial charge in [0.05, 0.1) is 48.2 Å². The standard InChI is InChI=1S/C34H30N6O3/c1-4-43-28-17-11-9-15-25(28)36-32-34-37-33-30(21(2)38-40(33)23-12-6-5-7-13-23)31(22-18-19-27(41)29(20-22)42-3)39(34)26-16-10-8-14-24(26)35-32/h5-20,31,41H,4H2,1-3H3,(H,35,36)/t31-/m1/s1. The number of aromatic nitrogens is 2. The van der Waals surface area contributed by atoms with Gasteiger partial charge in [0, 0.05) is 5.56 Å². The first kappa shape index (κ1) is 26.3. The van der Waals surface area contributed by atoms with Crippen LogP contribution >= 0.6 is 0 Å². The highest BCUT2D eigenvalue weighted by molar-refractivity contribution is 6.51. The van der Waals surface area contributed by atoms with Gasteiger partial charge in [-0.1, -0.05) is 48.5 Å². The number of hydrogen-bond donors (Lipinski definition) is 2. The zero-order valence-corrected chi connectivity index (χ0v) is 24.0. The monoisotopic (exact) mass is 570 g/mol. The lowest BCUT2D eigenvalue weighted by molar-refractivity contribution is 0.342. The van der Waals surface area contributed by atoms with E-state index >= 15 is 0 Å². The lowest BCUT2D eigenvalue weighted by Gasteiger charge is -2.40. The normalized spacial score (nSPS) is 15.0. The molecule has 5 aromatic rings. The first-order valence-electron chi connectivity index (χ1n) is 14.1. The number of ether oxygens (including phenoxy) is 2. The zero-order valence-electron chi connectivity index (χ0n) is 24.0. The van der Waals surface area contributed by atoms with Crippen molar-refractivity contribution in [3.63, 3.8) is 0 Å². The molecule has 0 aliphatic carbocycles. The number of amidine groups is 2. The van der Waals surface area contributed by atoms with Gasteiger partial charge in [0.2, 0.25) is 0 Å². The van der Waals surface area contributed by atoms with Gasteiger partial charge in [0.25, 0.3) is 0 Å². The third-order valence-corrected chi connectivity index (χ3v) is 7.60. The van der Waals surface area contributed by atoms with Crippen molar-refractivity contribution in [1.29, 1.82) is 0 Å². The Morgan fingerprint density at radius 2 is 1.65 bits per heavy atom. The molecule has 2 aliphatic heterocycles. The number of para-hydroxylation sites is 5. The number of fused-ring (bicyclic) bond motifs is 4. The van der Waals surface area contributed by atoms with Crippen LogP contribution in [0.1, 0.15) is 29.8 Å². The van der Waals surface area contributed by atoms with E-state index in [2.05, 4.69) is 10.2 Å². The molecule has 3 heterocycles. The maximum Gasteiger partial charge on any atom is 0.179 e. The molecule has 2 N–H and O–H groups in total. The zero-order chi connectivity index (χ0) is 29.5. The molecule has 1 aromatic heterocycles. The maximum atomic E-state index is 10.5. The maximum absolute atomic E-state index is 10.5. The SMILES string of the molecule is CCOc1ccccc1NC1=Nc2ccccc2N2C1=Nc1c(c(C)nn1-c1ccccc1)[C@H]2c1ccc(O)c(OC)c1. The molecule has 7 rings (SSSR count). The number of hydrogen-bond acceptors (Lipinski definition) is 8. The molecular formula is C34H30N6O3. The highest BCUT2D eigenvalue weighted by Crippen LogP contribution is 2.49. The number of aryl methyl sites for hydroxylation is 1. The Kier molecular flexibility index (Phi) is 6.54. The second kappa shape index (κ2) is 10.7. The summed E-state index contributed by atoms with van der Waals surface area (Å²) in [4.78, 5) is 12.5. The molecule has 0 radical (unpaired) electrons. The third kappa shape index (κ3) is 4.46. The van der Waals surface area contributed by atoms with E-state index in [1.54, 1.807) is 13.2 Å². The molecule has 43 heavy (non-hydrogen) atoms. The molecule has 0 saturated carbocycles. The van der Waals surface area contributed by atoms with E-state index < -0.39 is 0 Å². The van der Waals surface area contributed by atoms with Crippen molar-refractivity contribution in [2.24, 2.45) is 9.98 Å². The quantitative estimate of drug-likeness (QED) is 0.226. The van der Waals surface area contributed by atoms with Gasteiger partial charge in [-0.25, -0.2) is 14.7 Å². The minimum atomic E-state index is -0.356. The van der Waals surface area contributed by atoms with Crippen molar-refractivity contribution in [2.75, 3.05) is 23.9 Å². The van der Waals surface area contributed by atoms with Gasteiger partial charge in [-0.2, -0.15) is 5.10 Å². The van der Waals surface area contributed by atoms with E-state index in [-0.39, 0.29) is 11.8 Å². The largest absolute Gasteiger partial charge is 0.504 e. The lowest BCUT2D eigenvalue weighted by Crippen LogP contribution is -2.46. The third-order valence-electron chi connectivity index (χ3n) is 7.60. The van der Waals surface area contributed by atoms with Crippen LogP contribution in [0, 0.1) is 6.92 Å². The summed E-state index contributed by atoms with van der Waals surface area (Å²) in [7, 11) is 1.55. The lowest BCUT2D eigenvalue weighted by atomic mass is 9.93.